The standard InChI is InChI=1S/C16H19N3O5/c1-10(12-5-4-11(23-2)8-13(12)24-3)17-15(21)9-19-7-6-14(20)18-16(19)22/h4-8,10H,9H2,1-3H3,(H,17,21)(H,18,20,22). The average Bonchev–Trinajstić information content (AvgIpc) is 2.56. The van der Waals surface area contributed by atoms with E-state index in [-0.39, 0.29) is 18.5 Å². The Kier molecular flexibility index (Phi) is 5.41. The first-order valence-corrected chi connectivity index (χ1v) is 7.25. The number of benzene rings is 1. The zero-order valence-electron chi connectivity index (χ0n) is 13.7. The molecular weight excluding hydrogens is 314 g/mol. The maximum absolute atomic E-state index is 12.1. The maximum Gasteiger partial charge on any atom is 0.328 e. The van der Waals surface area contributed by atoms with Crippen molar-refractivity contribution in [2.45, 2.75) is 19.5 Å². The highest BCUT2D eigenvalue weighted by atomic mass is 16.5. The molecule has 0 spiro atoms. The Bertz CT molecular complexity index is 840. The van der Waals surface area contributed by atoms with Crippen molar-refractivity contribution >= 4 is 5.91 Å². The number of H-pyrrole nitrogens is 1. The van der Waals surface area contributed by atoms with Crippen molar-refractivity contribution in [3.05, 3.63) is 56.9 Å². The van der Waals surface area contributed by atoms with E-state index < -0.39 is 11.2 Å². The van der Waals surface area contributed by atoms with Crippen LogP contribution in [-0.2, 0) is 11.3 Å². The fourth-order valence-electron chi connectivity index (χ4n) is 2.26. The lowest BCUT2D eigenvalue weighted by molar-refractivity contribution is -0.122. The van der Waals surface area contributed by atoms with Crippen molar-refractivity contribution in [1.29, 1.82) is 0 Å². The summed E-state index contributed by atoms with van der Waals surface area (Å²) in [6.45, 7) is 1.61. The van der Waals surface area contributed by atoms with E-state index in [0.29, 0.717) is 11.5 Å². The Hall–Kier alpha value is -3.03. The number of hydrogen-bond acceptors (Lipinski definition) is 5. The van der Waals surface area contributed by atoms with Crippen LogP contribution in [0.4, 0.5) is 0 Å². The monoisotopic (exact) mass is 333 g/mol. The van der Waals surface area contributed by atoms with Crippen LogP contribution in [0.15, 0.2) is 40.1 Å². The number of amides is 1. The minimum absolute atomic E-state index is 0.196. The molecule has 0 bridgehead atoms. The van der Waals surface area contributed by atoms with Crippen LogP contribution in [0.1, 0.15) is 18.5 Å². The van der Waals surface area contributed by atoms with Crippen LogP contribution < -0.4 is 26.0 Å². The van der Waals surface area contributed by atoms with Gasteiger partial charge in [-0.25, -0.2) is 4.79 Å². The zero-order chi connectivity index (χ0) is 17.7. The molecule has 1 heterocycles. The molecule has 1 atom stereocenters. The molecule has 2 N–H and O–H groups in total. The molecule has 128 valence electrons. The molecule has 0 aliphatic rings. The van der Waals surface area contributed by atoms with Gasteiger partial charge in [-0.3, -0.25) is 19.1 Å². The van der Waals surface area contributed by atoms with Crippen molar-refractivity contribution < 1.29 is 14.3 Å². The summed E-state index contributed by atoms with van der Waals surface area (Å²) in [5.74, 6) is 0.867. The van der Waals surface area contributed by atoms with Gasteiger partial charge in [0.15, 0.2) is 0 Å². The summed E-state index contributed by atoms with van der Waals surface area (Å²) in [5.41, 5.74) is -0.360. The predicted molar refractivity (Wildman–Crippen MR) is 87.4 cm³/mol. The first kappa shape index (κ1) is 17.3. The first-order valence-electron chi connectivity index (χ1n) is 7.25. The van der Waals surface area contributed by atoms with E-state index in [2.05, 4.69) is 10.3 Å². The summed E-state index contributed by atoms with van der Waals surface area (Å²) in [5, 5.41) is 2.79. The number of nitrogens with zero attached hydrogens (tertiary/aromatic N) is 1. The topological polar surface area (TPSA) is 102 Å². The molecule has 0 saturated carbocycles. The fourth-order valence-corrected chi connectivity index (χ4v) is 2.26. The second kappa shape index (κ2) is 7.49. The van der Waals surface area contributed by atoms with E-state index in [1.165, 1.54) is 19.4 Å². The van der Waals surface area contributed by atoms with Crippen molar-refractivity contribution in [3.63, 3.8) is 0 Å². The number of carbonyl (C=O) groups excluding carboxylic acids is 1. The van der Waals surface area contributed by atoms with Crippen molar-refractivity contribution in [2.24, 2.45) is 0 Å². The van der Waals surface area contributed by atoms with Gasteiger partial charge in [0.1, 0.15) is 18.0 Å². The van der Waals surface area contributed by atoms with Crippen molar-refractivity contribution in [1.82, 2.24) is 14.9 Å². The molecule has 0 fully saturated rings. The van der Waals surface area contributed by atoms with Crippen LogP contribution in [0.2, 0.25) is 0 Å². The molecule has 2 aromatic rings. The third-order valence-corrected chi connectivity index (χ3v) is 3.50. The number of hydrogen-bond donors (Lipinski definition) is 2. The van der Waals surface area contributed by atoms with Crippen molar-refractivity contribution in [2.75, 3.05) is 14.2 Å². The molecule has 1 aromatic heterocycles. The quantitative estimate of drug-likeness (QED) is 0.798. The highest BCUT2D eigenvalue weighted by Gasteiger charge is 2.15. The molecule has 2 rings (SSSR count). The van der Waals surface area contributed by atoms with Crippen LogP contribution in [-0.4, -0.2) is 29.7 Å². The van der Waals surface area contributed by atoms with E-state index in [9.17, 15) is 14.4 Å². The van der Waals surface area contributed by atoms with Gasteiger partial charge in [-0.2, -0.15) is 0 Å². The molecule has 0 aliphatic heterocycles. The summed E-state index contributed by atoms with van der Waals surface area (Å²) >= 11 is 0. The average molecular weight is 333 g/mol. The Balaban J connectivity index is 2.11. The second-order valence-corrected chi connectivity index (χ2v) is 5.14. The molecular formula is C16H19N3O5. The number of ether oxygens (including phenoxy) is 2. The lowest BCUT2D eigenvalue weighted by Gasteiger charge is -2.18. The molecule has 1 unspecified atom stereocenters. The van der Waals surface area contributed by atoms with Crippen LogP contribution >= 0.6 is 0 Å². The van der Waals surface area contributed by atoms with Crippen LogP contribution in [0.5, 0.6) is 11.5 Å². The van der Waals surface area contributed by atoms with E-state index in [4.69, 9.17) is 9.47 Å². The largest absolute Gasteiger partial charge is 0.497 e. The summed E-state index contributed by atoms with van der Waals surface area (Å²) in [4.78, 5) is 36.8. The fraction of sp³-hybridized carbons (Fsp3) is 0.312. The lowest BCUT2D eigenvalue weighted by atomic mass is 10.1. The normalized spacial score (nSPS) is 11.6. The number of carbonyl (C=O) groups is 1. The van der Waals surface area contributed by atoms with Gasteiger partial charge in [0, 0.05) is 23.9 Å². The second-order valence-electron chi connectivity index (χ2n) is 5.14. The number of aromatic amines is 1. The summed E-state index contributed by atoms with van der Waals surface area (Å²) in [6.07, 6.45) is 1.28. The number of methoxy groups -OCH3 is 2. The van der Waals surface area contributed by atoms with E-state index in [1.54, 1.807) is 32.2 Å². The highest BCUT2D eigenvalue weighted by Crippen LogP contribution is 2.29. The third kappa shape index (κ3) is 4.03. The van der Waals surface area contributed by atoms with Gasteiger partial charge >= 0.3 is 5.69 Å². The van der Waals surface area contributed by atoms with E-state index >= 15 is 0 Å². The number of nitrogens with one attached hydrogen (secondary N) is 2. The summed E-state index contributed by atoms with van der Waals surface area (Å²) in [6, 6.07) is 6.15. The van der Waals surface area contributed by atoms with Gasteiger partial charge in [0.2, 0.25) is 5.91 Å². The van der Waals surface area contributed by atoms with Gasteiger partial charge < -0.3 is 14.8 Å². The molecule has 1 amide bonds. The molecule has 0 saturated heterocycles. The van der Waals surface area contributed by atoms with Crippen LogP contribution in [0.3, 0.4) is 0 Å². The van der Waals surface area contributed by atoms with E-state index in [0.717, 1.165) is 10.1 Å². The Morgan fingerprint density at radius 1 is 1.25 bits per heavy atom. The van der Waals surface area contributed by atoms with Gasteiger partial charge in [-0.15, -0.1) is 0 Å². The lowest BCUT2D eigenvalue weighted by Crippen LogP contribution is -2.36. The Morgan fingerprint density at radius 3 is 2.62 bits per heavy atom. The molecule has 0 radical (unpaired) electrons. The predicted octanol–water partition coefficient (Wildman–Crippen LogP) is 0.431. The summed E-state index contributed by atoms with van der Waals surface area (Å²) < 4.78 is 11.6. The number of rotatable bonds is 6. The molecule has 8 nitrogen and oxygen atoms in total. The Morgan fingerprint density at radius 2 is 2.00 bits per heavy atom. The van der Waals surface area contributed by atoms with Gasteiger partial charge in [-0.1, -0.05) is 0 Å². The number of aromatic nitrogens is 2. The molecule has 8 heteroatoms. The van der Waals surface area contributed by atoms with Gasteiger partial charge in [0.25, 0.3) is 5.56 Å². The minimum atomic E-state index is -0.632. The van der Waals surface area contributed by atoms with Gasteiger partial charge in [0.05, 0.1) is 20.3 Å². The summed E-state index contributed by atoms with van der Waals surface area (Å²) in [7, 11) is 3.09. The molecule has 0 aliphatic carbocycles. The SMILES string of the molecule is COc1ccc(C(C)NC(=O)Cn2ccc(=O)[nH]c2=O)c(OC)c1. The molecule has 24 heavy (non-hydrogen) atoms. The highest BCUT2D eigenvalue weighted by molar-refractivity contribution is 5.76. The first-order chi connectivity index (χ1) is 11.4. The maximum atomic E-state index is 12.1. The third-order valence-electron chi connectivity index (χ3n) is 3.50. The zero-order valence-corrected chi connectivity index (χ0v) is 13.7. The Labute approximate surface area is 138 Å². The van der Waals surface area contributed by atoms with E-state index in [1.807, 2.05) is 0 Å². The van der Waals surface area contributed by atoms with Gasteiger partial charge in [-0.05, 0) is 19.1 Å². The minimum Gasteiger partial charge on any atom is -0.497 e. The smallest absolute Gasteiger partial charge is 0.328 e. The van der Waals surface area contributed by atoms with Crippen LogP contribution in [0.25, 0.3) is 0 Å². The molecule has 1 aromatic carbocycles. The van der Waals surface area contributed by atoms with Crippen molar-refractivity contribution in [3.8, 4) is 11.5 Å². The van der Waals surface area contributed by atoms with Crippen LogP contribution in [0, 0.1) is 0 Å².